The van der Waals surface area contributed by atoms with E-state index in [-0.39, 0.29) is 11.8 Å². The van der Waals surface area contributed by atoms with Crippen molar-refractivity contribution in [1.29, 1.82) is 0 Å². The number of halogens is 1. The van der Waals surface area contributed by atoms with Gasteiger partial charge in [-0.2, -0.15) is 0 Å². The van der Waals surface area contributed by atoms with Gasteiger partial charge in [-0.05, 0) is 63.0 Å². The van der Waals surface area contributed by atoms with E-state index in [1.165, 1.54) is 0 Å². The van der Waals surface area contributed by atoms with E-state index < -0.39 is 11.6 Å². The summed E-state index contributed by atoms with van der Waals surface area (Å²) < 4.78 is 2.06. The standard InChI is InChI=1S/C19H22ClN5O2/c1-19(17(26)22-18(27)23-19)13-6-9-24(10-7-13)12-15-3-2-8-25(15)16-5-4-14(20)11-21-16/h2-5,8,11,13H,6-7,9-10,12H2,1H3,(H2,22,23,26,27). The topological polar surface area (TPSA) is 79.3 Å². The average Bonchev–Trinajstić information content (AvgIpc) is 3.20. The molecule has 4 rings (SSSR count). The third-order valence-corrected chi connectivity index (χ3v) is 5.88. The molecule has 0 saturated carbocycles. The molecule has 1 unspecified atom stereocenters. The second kappa shape index (κ2) is 6.98. The molecule has 0 bridgehead atoms. The summed E-state index contributed by atoms with van der Waals surface area (Å²) in [6.45, 7) is 4.38. The molecule has 1 atom stereocenters. The van der Waals surface area contributed by atoms with E-state index in [4.69, 9.17) is 11.6 Å². The largest absolute Gasteiger partial charge is 0.323 e. The molecule has 2 aromatic heterocycles. The van der Waals surface area contributed by atoms with Crippen LogP contribution in [0.1, 0.15) is 25.5 Å². The number of aromatic nitrogens is 2. The normalized spacial score (nSPS) is 24.1. The van der Waals surface area contributed by atoms with Crippen LogP contribution in [0.3, 0.4) is 0 Å². The molecule has 7 nitrogen and oxygen atoms in total. The van der Waals surface area contributed by atoms with Crippen LogP contribution in [0.15, 0.2) is 36.7 Å². The Morgan fingerprint density at radius 1 is 1.26 bits per heavy atom. The van der Waals surface area contributed by atoms with Gasteiger partial charge in [-0.3, -0.25) is 15.0 Å². The molecular formula is C19H22ClN5O2. The summed E-state index contributed by atoms with van der Waals surface area (Å²) in [6.07, 6.45) is 5.37. The third-order valence-electron chi connectivity index (χ3n) is 5.65. The Hall–Kier alpha value is -2.38. The number of nitrogens with one attached hydrogen (secondary N) is 2. The van der Waals surface area contributed by atoms with E-state index in [2.05, 4.69) is 31.2 Å². The van der Waals surface area contributed by atoms with Crippen LogP contribution in [0, 0.1) is 5.92 Å². The predicted octanol–water partition coefficient (Wildman–Crippen LogP) is 2.34. The van der Waals surface area contributed by atoms with E-state index in [1.807, 2.05) is 31.3 Å². The lowest BCUT2D eigenvalue weighted by atomic mass is 9.79. The molecule has 2 saturated heterocycles. The third kappa shape index (κ3) is 3.44. The Morgan fingerprint density at radius 3 is 2.67 bits per heavy atom. The van der Waals surface area contributed by atoms with Crippen LogP contribution in [0.25, 0.3) is 5.82 Å². The van der Waals surface area contributed by atoms with E-state index in [9.17, 15) is 9.59 Å². The fourth-order valence-corrected chi connectivity index (χ4v) is 4.13. The molecule has 0 spiro atoms. The van der Waals surface area contributed by atoms with Crippen molar-refractivity contribution in [1.82, 2.24) is 25.1 Å². The first-order valence-electron chi connectivity index (χ1n) is 9.10. The molecule has 27 heavy (non-hydrogen) atoms. The van der Waals surface area contributed by atoms with Gasteiger partial charge in [0.2, 0.25) is 0 Å². The van der Waals surface area contributed by atoms with Crippen molar-refractivity contribution >= 4 is 23.5 Å². The van der Waals surface area contributed by atoms with Crippen LogP contribution in [-0.2, 0) is 11.3 Å². The van der Waals surface area contributed by atoms with Crippen molar-refractivity contribution in [3.63, 3.8) is 0 Å². The summed E-state index contributed by atoms with van der Waals surface area (Å²) in [4.78, 5) is 30.4. The predicted molar refractivity (Wildman–Crippen MR) is 102 cm³/mol. The molecule has 8 heteroatoms. The highest BCUT2D eigenvalue weighted by Crippen LogP contribution is 2.31. The lowest BCUT2D eigenvalue weighted by Gasteiger charge is -2.38. The lowest BCUT2D eigenvalue weighted by molar-refractivity contribution is -0.125. The zero-order valence-electron chi connectivity index (χ0n) is 15.1. The number of urea groups is 1. The van der Waals surface area contributed by atoms with Crippen LogP contribution in [-0.4, -0.2) is 45.0 Å². The van der Waals surface area contributed by atoms with Crippen LogP contribution in [0.4, 0.5) is 4.79 Å². The number of hydrogen-bond acceptors (Lipinski definition) is 4. The maximum Gasteiger partial charge on any atom is 0.322 e. The van der Waals surface area contributed by atoms with Crippen molar-refractivity contribution in [3.05, 3.63) is 47.4 Å². The second-order valence-electron chi connectivity index (χ2n) is 7.37. The summed E-state index contributed by atoms with van der Waals surface area (Å²) >= 11 is 5.93. The molecule has 142 valence electrons. The van der Waals surface area contributed by atoms with Gasteiger partial charge in [0.1, 0.15) is 11.4 Å². The SMILES string of the molecule is CC1(C2CCN(Cc3cccn3-c3ccc(Cl)cn3)CC2)NC(=O)NC1=O. The minimum absolute atomic E-state index is 0.143. The Morgan fingerprint density at radius 2 is 2.04 bits per heavy atom. The van der Waals surface area contributed by atoms with Crippen molar-refractivity contribution in [3.8, 4) is 5.82 Å². The maximum absolute atomic E-state index is 12.1. The van der Waals surface area contributed by atoms with Gasteiger partial charge in [0.15, 0.2) is 0 Å². The zero-order chi connectivity index (χ0) is 19.0. The highest BCUT2D eigenvalue weighted by molar-refractivity contribution is 6.30. The summed E-state index contributed by atoms with van der Waals surface area (Å²) in [7, 11) is 0. The van der Waals surface area contributed by atoms with Gasteiger partial charge < -0.3 is 9.88 Å². The van der Waals surface area contributed by atoms with Crippen molar-refractivity contribution in [2.24, 2.45) is 5.92 Å². The molecule has 2 aliphatic rings. The first kappa shape index (κ1) is 18.0. The zero-order valence-corrected chi connectivity index (χ0v) is 15.9. The highest BCUT2D eigenvalue weighted by atomic mass is 35.5. The van der Waals surface area contributed by atoms with Crippen LogP contribution >= 0.6 is 11.6 Å². The number of imide groups is 1. The monoisotopic (exact) mass is 387 g/mol. The van der Waals surface area contributed by atoms with E-state index in [0.717, 1.165) is 44.0 Å². The number of amides is 3. The molecule has 4 heterocycles. The molecule has 0 radical (unpaired) electrons. The van der Waals surface area contributed by atoms with Gasteiger partial charge in [0.05, 0.1) is 5.02 Å². The first-order valence-corrected chi connectivity index (χ1v) is 9.47. The van der Waals surface area contributed by atoms with Gasteiger partial charge in [-0.25, -0.2) is 9.78 Å². The van der Waals surface area contributed by atoms with Gasteiger partial charge in [0, 0.05) is 24.6 Å². The number of likely N-dealkylation sites (tertiary alicyclic amines) is 1. The smallest absolute Gasteiger partial charge is 0.322 e. The summed E-state index contributed by atoms with van der Waals surface area (Å²) in [5.74, 6) is 0.769. The van der Waals surface area contributed by atoms with Crippen molar-refractivity contribution < 1.29 is 9.59 Å². The quantitative estimate of drug-likeness (QED) is 0.789. The Balaban J connectivity index is 1.41. The van der Waals surface area contributed by atoms with Crippen LogP contribution < -0.4 is 10.6 Å². The van der Waals surface area contributed by atoms with Crippen molar-refractivity contribution in [2.45, 2.75) is 31.8 Å². The van der Waals surface area contributed by atoms with Gasteiger partial charge in [-0.1, -0.05) is 11.6 Å². The summed E-state index contributed by atoms with van der Waals surface area (Å²) in [6, 6.07) is 7.45. The molecule has 2 aliphatic heterocycles. The van der Waals surface area contributed by atoms with Gasteiger partial charge >= 0.3 is 6.03 Å². The van der Waals surface area contributed by atoms with E-state index in [0.29, 0.717) is 5.02 Å². The lowest BCUT2D eigenvalue weighted by Crippen LogP contribution is -2.53. The van der Waals surface area contributed by atoms with Crippen LogP contribution in [0.5, 0.6) is 0 Å². The molecule has 2 aromatic rings. The molecule has 0 aliphatic carbocycles. The number of rotatable bonds is 4. The van der Waals surface area contributed by atoms with Crippen molar-refractivity contribution in [2.75, 3.05) is 13.1 Å². The molecule has 0 aromatic carbocycles. The number of piperidine rings is 1. The average molecular weight is 388 g/mol. The highest BCUT2D eigenvalue weighted by Gasteiger charge is 2.48. The number of hydrogen-bond donors (Lipinski definition) is 2. The minimum Gasteiger partial charge on any atom is -0.323 e. The maximum atomic E-state index is 12.1. The molecule has 2 N–H and O–H groups in total. The number of pyridine rings is 1. The molecular weight excluding hydrogens is 366 g/mol. The first-order chi connectivity index (χ1) is 13.0. The number of carbonyl (C=O) groups is 2. The molecule has 2 fully saturated rings. The van der Waals surface area contributed by atoms with Gasteiger partial charge in [-0.15, -0.1) is 0 Å². The fourth-order valence-electron chi connectivity index (χ4n) is 4.02. The number of carbonyl (C=O) groups excluding carboxylic acids is 2. The van der Waals surface area contributed by atoms with Gasteiger partial charge in [0.25, 0.3) is 5.91 Å². The summed E-state index contributed by atoms with van der Waals surface area (Å²) in [5.41, 5.74) is 0.359. The Kier molecular flexibility index (Phi) is 4.65. The second-order valence-corrected chi connectivity index (χ2v) is 7.80. The van der Waals surface area contributed by atoms with E-state index >= 15 is 0 Å². The van der Waals surface area contributed by atoms with Crippen LogP contribution in [0.2, 0.25) is 5.02 Å². The Labute approximate surface area is 162 Å². The minimum atomic E-state index is -0.795. The summed E-state index contributed by atoms with van der Waals surface area (Å²) in [5, 5.41) is 5.78. The fraction of sp³-hybridized carbons (Fsp3) is 0.421. The number of nitrogens with zero attached hydrogens (tertiary/aromatic N) is 3. The van der Waals surface area contributed by atoms with E-state index in [1.54, 1.807) is 6.20 Å². The Bertz CT molecular complexity index is 857. The molecule has 3 amide bonds.